The molecule has 0 saturated carbocycles. The van der Waals surface area contributed by atoms with E-state index in [1.54, 1.807) is 27.8 Å². The Morgan fingerprint density at radius 3 is 2.17 bits per heavy atom. The molecule has 0 unspecified atom stereocenters. The van der Waals surface area contributed by atoms with Crippen molar-refractivity contribution in [3.63, 3.8) is 0 Å². The second kappa shape index (κ2) is 10.7. The van der Waals surface area contributed by atoms with Gasteiger partial charge in [-0.2, -0.15) is 0 Å². The molecule has 2 amide bonds. The number of nitrogens with one attached hydrogen (secondary N) is 1. The molecular weight excluding hydrogens is 392 g/mol. The van der Waals surface area contributed by atoms with Gasteiger partial charge in [-0.1, -0.05) is 13.8 Å². The number of benzene rings is 1. The molecule has 0 radical (unpaired) electrons. The quantitative estimate of drug-likeness (QED) is 0.461. The van der Waals surface area contributed by atoms with Crippen LogP contribution in [-0.2, 0) is 9.53 Å². The van der Waals surface area contributed by atoms with Crippen LogP contribution in [0.25, 0.3) is 0 Å². The maximum absolute atomic E-state index is 13.0. The number of hydrogen-bond donors (Lipinski definition) is 1. The first-order valence-corrected chi connectivity index (χ1v) is 10.5. The van der Waals surface area contributed by atoms with Crippen molar-refractivity contribution in [1.29, 1.82) is 0 Å². The van der Waals surface area contributed by atoms with Crippen molar-refractivity contribution in [2.45, 2.75) is 66.5 Å². The molecule has 0 bridgehead atoms. The van der Waals surface area contributed by atoms with Crippen LogP contribution in [0.3, 0.4) is 0 Å². The van der Waals surface area contributed by atoms with E-state index in [1.165, 1.54) is 4.90 Å². The Kier molecular flexibility index (Phi) is 9.27. The lowest BCUT2D eigenvalue weighted by atomic mass is 10.0. The van der Waals surface area contributed by atoms with Gasteiger partial charge in [0.25, 0.3) is 0 Å². The summed E-state index contributed by atoms with van der Waals surface area (Å²) in [5, 5.41) is 2.93. The molecule has 29 heavy (non-hydrogen) atoms. The highest BCUT2D eigenvalue weighted by Gasteiger charge is 2.32. The molecule has 1 N–H and O–H groups in total. The average Bonchev–Trinajstić information content (AvgIpc) is 2.55. The summed E-state index contributed by atoms with van der Waals surface area (Å²) in [7, 11) is 1.59. The van der Waals surface area contributed by atoms with E-state index in [1.807, 2.05) is 39.8 Å². The lowest BCUT2D eigenvalue weighted by Gasteiger charge is -2.32. The van der Waals surface area contributed by atoms with Crippen LogP contribution in [0.4, 0.5) is 10.5 Å². The number of carbonyl (C=O) groups excluding carboxylic acids is 2. The molecule has 0 saturated heterocycles. The summed E-state index contributed by atoms with van der Waals surface area (Å²) in [5.41, 5.74) is 1.89. The first kappa shape index (κ1) is 25.1. The molecular formula is C22H35ClN2O4. The highest BCUT2D eigenvalue weighted by atomic mass is 35.5. The van der Waals surface area contributed by atoms with Crippen LogP contribution in [0.5, 0.6) is 5.75 Å². The standard InChI is InChI=1S/C22H35ClN2O4/c1-14(2)18(25(8)21(27)29-22(5,6)7)20(26)24-17-12-15(3)19(16(4)13-17)28-11-9-10-23/h12-14,18H,9-11H2,1-8H3,(H,24,26)/t18-/m0/s1. The topological polar surface area (TPSA) is 67.9 Å². The molecule has 1 aromatic rings. The summed E-state index contributed by atoms with van der Waals surface area (Å²) in [6.45, 7) is 13.6. The molecule has 0 aromatic heterocycles. The smallest absolute Gasteiger partial charge is 0.410 e. The molecule has 0 fully saturated rings. The zero-order chi connectivity index (χ0) is 22.4. The number of hydrogen-bond acceptors (Lipinski definition) is 4. The molecule has 6 nitrogen and oxygen atoms in total. The lowest BCUT2D eigenvalue weighted by molar-refractivity contribution is -0.122. The second-order valence-corrected chi connectivity index (χ2v) is 8.98. The Morgan fingerprint density at radius 2 is 1.72 bits per heavy atom. The van der Waals surface area contributed by atoms with Crippen molar-refractivity contribution >= 4 is 29.3 Å². The van der Waals surface area contributed by atoms with E-state index in [-0.39, 0.29) is 11.8 Å². The van der Waals surface area contributed by atoms with Gasteiger partial charge in [-0.05, 0) is 70.2 Å². The number of amides is 2. The number of halogens is 1. The Balaban J connectivity index is 2.97. The van der Waals surface area contributed by atoms with Crippen LogP contribution in [-0.4, -0.2) is 48.1 Å². The number of nitrogens with zero attached hydrogens (tertiary/aromatic N) is 1. The maximum atomic E-state index is 13.0. The third kappa shape index (κ3) is 7.77. The van der Waals surface area contributed by atoms with E-state index in [0.29, 0.717) is 18.2 Å². The van der Waals surface area contributed by atoms with Gasteiger partial charge in [-0.3, -0.25) is 9.69 Å². The number of anilines is 1. The maximum Gasteiger partial charge on any atom is 0.410 e. The number of rotatable bonds is 8. The van der Waals surface area contributed by atoms with E-state index >= 15 is 0 Å². The molecule has 1 atom stereocenters. The number of carbonyl (C=O) groups is 2. The zero-order valence-electron chi connectivity index (χ0n) is 18.9. The van der Waals surface area contributed by atoms with Gasteiger partial charge in [-0.15, -0.1) is 11.6 Å². The van der Waals surface area contributed by atoms with Gasteiger partial charge in [0, 0.05) is 18.6 Å². The largest absolute Gasteiger partial charge is 0.493 e. The molecule has 0 heterocycles. The van der Waals surface area contributed by atoms with Gasteiger partial charge in [0.2, 0.25) is 5.91 Å². The predicted octanol–water partition coefficient (Wildman–Crippen LogP) is 5.14. The Bertz CT molecular complexity index is 690. The summed E-state index contributed by atoms with van der Waals surface area (Å²) in [6.07, 6.45) is 0.244. The van der Waals surface area contributed by atoms with Crippen molar-refractivity contribution in [2.24, 2.45) is 5.92 Å². The van der Waals surface area contributed by atoms with E-state index in [4.69, 9.17) is 21.1 Å². The number of ether oxygens (including phenoxy) is 2. The van der Waals surface area contributed by atoms with Crippen LogP contribution in [0.2, 0.25) is 0 Å². The molecule has 0 aliphatic carbocycles. The van der Waals surface area contributed by atoms with Gasteiger partial charge in [0.1, 0.15) is 17.4 Å². The van der Waals surface area contributed by atoms with Gasteiger partial charge in [-0.25, -0.2) is 4.79 Å². The van der Waals surface area contributed by atoms with E-state index in [9.17, 15) is 9.59 Å². The van der Waals surface area contributed by atoms with Crippen molar-refractivity contribution in [3.8, 4) is 5.75 Å². The molecule has 164 valence electrons. The van der Waals surface area contributed by atoms with Gasteiger partial charge in [0.05, 0.1) is 6.61 Å². The summed E-state index contributed by atoms with van der Waals surface area (Å²) >= 11 is 5.70. The van der Waals surface area contributed by atoms with E-state index in [0.717, 1.165) is 23.3 Å². The first-order chi connectivity index (χ1) is 13.4. The molecule has 7 heteroatoms. The summed E-state index contributed by atoms with van der Waals surface area (Å²) < 4.78 is 11.2. The normalized spacial score (nSPS) is 12.5. The molecule has 1 rings (SSSR count). The SMILES string of the molecule is Cc1cc(NC(=O)[C@H](C(C)C)N(C)C(=O)OC(C)(C)C)cc(C)c1OCCCCl. The van der Waals surface area contributed by atoms with E-state index < -0.39 is 17.7 Å². The van der Waals surface area contributed by atoms with Gasteiger partial charge in [0.15, 0.2) is 0 Å². The molecule has 0 spiro atoms. The van der Waals surface area contributed by atoms with Crippen LogP contribution in [0, 0.1) is 19.8 Å². The van der Waals surface area contributed by atoms with E-state index in [2.05, 4.69) is 5.32 Å². The summed E-state index contributed by atoms with van der Waals surface area (Å²) in [5.74, 6) is 1.00. The van der Waals surface area contributed by atoms with Crippen LogP contribution < -0.4 is 10.1 Å². The molecule has 0 aliphatic rings. The van der Waals surface area contributed by atoms with Crippen molar-refractivity contribution < 1.29 is 19.1 Å². The summed E-state index contributed by atoms with van der Waals surface area (Å²) in [6, 6.07) is 3.07. The minimum atomic E-state index is -0.662. The first-order valence-electron chi connectivity index (χ1n) is 9.94. The highest BCUT2D eigenvalue weighted by Crippen LogP contribution is 2.28. The predicted molar refractivity (Wildman–Crippen MR) is 118 cm³/mol. The zero-order valence-corrected chi connectivity index (χ0v) is 19.6. The minimum absolute atomic E-state index is 0.0899. The third-order valence-corrected chi connectivity index (χ3v) is 4.52. The van der Waals surface area contributed by atoms with Gasteiger partial charge >= 0.3 is 6.09 Å². The molecule has 1 aromatic carbocycles. The Hall–Kier alpha value is -1.95. The fourth-order valence-corrected chi connectivity index (χ4v) is 3.18. The second-order valence-electron chi connectivity index (χ2n) is 8.60. The fraction of sp³-hybridized carbons (Fsp3) is 0.636. The number of aryl methyl sites for hydroxylation is 2. The third-order valence-electron chi connectivity index (χ3n) is 4.25. The highest BCUT2D eigenvalue weighted by molar-refractivity contribution is 6.17. The lowest BCUT2D eigenvalue weighted by Crippen LogP contribution is -2.49. The fourth-order valence-electron chi connectivity index (χ4n) is 3.07. The monoisotopic (exact) mass is 426 g/mol. The number of alkyl halides is 1. The van der Waals surface area contributed by atoms with Crippen molar-refractivity contribution in [1.82, 2.24) is 4.90 Å². The van der Waals surface area contributed by atoms with Crippen molar-refractivity contribution in [2.75, 3.05) is 24.9 Å². The van der Waals surface area contributed by atoms with Crippen molar-refractivity contribution in [3.05, 3.63) is 23.3 Å². The minimum Gasteiger partial charge on any atom is -0.493 e. The number of likely N-dealkylation sites (N-methyl/N-ethyl adjacent to an activating group) is 1. The van der Waals surface area contributed by atoms with Crippen LogP contribution in [0.1, 0.15) is 52.2 Å². The Morgan fingerprint density at radius 1 is 1.17 bits per heavy atom. The Labute approximate surface area is 179 Å². The summed E-state index contributed by atoms with van der Waals surface area (Å²) in [4.78, 5) is 26.8. The van der Waals surface area contributed by atoms with Crippen LogP contribution in [0.15, 0.2) is 12.1 Å². The molecule has 0 aliphatic heterocycles. The average molecular weight is 427 g/mol. The van der Waals surface area contributed by atoms with Gasteiger partial charge < -0.3 is 14.8 Å². The van der Waals surface area contributed by atoms with Crippen LogP contribution >= 0.6 is 11.6 Å².